The molecule has 0 atom stereocenters. The molecule has 0 saturated carbocycles. The fraction of sp³-hybridized carbons (Fsp3) is 0.267. The van der Waals surface area contributed by atoms with Gasteiger partial charge >= 0.3 is 0 Å². The van der Waals surface area contributed by atoms with Crippen molar-refractivity contribution >= 4 is 27.2 Å². The molecule has 1 aromatic carbocycles. The van der Waals surface area contributed by atoms with Crippen molar-refractivity contribution in [1.29, 1.82) is 0 Å². The Morgan fingerprint density at radius 3 is 2.68 bits per heavy atom. The van der Waals surface area contributed by atoms with E-state index in [9.17, 15) is 0 Å². The van der Waals surface area contributed by atoms with E-state index in [-0.39, 0.29) is 0 Å². The largest absolute Gasteiger partial charge is 0.384 e. The third kappa shape index (κ3) is 1.92. The summed E-state index contributed by atoms with van der Waals surface area (Å²) in [5.74, 6) is 1.14. The lowest BCUT2D eigenvalue weighted by molar-refractivity contribution is 0.780. The van der Waals surface area contributed by atoms with E-state index in [4.69, 9.17) is 5.73 Å². The van der Waals surface area contributed by atoms with Crippen molar-refractivity contribution in [2.45, 2.75) is 19.8 Å². The second-order valence-electron chi connectivity index (χ2n) is 5.07. The van der Waals surface area contributed by atoms with E-state index in [1.807, 2.05) is 7.05 Å². The quantitative estimate of drug-likeness (QED) is 0.765. The van der Waals surface area contributed by atoms with Crippen LogP contribution in [0, 0.1) is 0 Å². The highest BCUT2D eigenvalue weighted by atomic mass is 32.1. The minimum atomic E-state index is 0.369. The highest BCUT2D eigenvalue weighted by molar-refractivity contribution is 7.22. The highest BCUT2D eigenvalue weighted by Gasteiger charge is 2.19. The van der Waals surface area contributed by atoms with Crippen LogP contribution < -0.4 is 5.73 Å². The Morgan fingerprint density at radius 2 is 2.00 bits per heavy atom. The zero-order chi connectivity index (χ0) is 13.6. The fourth-order valence-electron chi connectivity index (χ4n) is 2.40. The first-order valence-electron chi connectivity index (χ1n) is 6.39. The van der Waals surface area contributed by atoms with E-state index in [0.29, 0.717) is 5.92 Å². The summed E-state index contributed by atoms with van der Waals surface area (Å²) in [4.78, 5) is 1.19. The molecule has 0 saturated heterocycles. The monoisotopic (exact) mass is 271 g/mol. The Kier molecular flexibility index (Phi) is 2.82. The summed E-state index contributed by atoms with van der Waals surface area (Å²) in [7, 11) is 1.90. The van der Waals surface area contributed by atoms with Crippen LogP contribution in [0.2, 0.25) is 0 Å². The summed E-state index contributed by atoms with van der Waals surface area (Å²) >= 11 is 1.77. The number of aryl methyl sites for hydroxylation is 1. The summed E-state index contributed by atoms with van der Waals surface area (Å²) in [6, 6.07) is 10.6. The molecule has 0 radical (unpaired) electrons. The van der Waals surface area contributed by atoms with Gasteiger partial charge < -0.3 is 5.73 Å². The number of hydrogen-bond donors (Lipinski definition) is 1. The molecule has 0 aliphatic heterocycles. The fourth-order valence-corrected chi connectivity index (χ4v) is 3.46. The molecular formula is C15H17N3S. The minimum absolute atomic E-state index is 0.369. The zero-order valence-corrected chi connectivity index (χ0v) is 12.2. The van der Waals surface area contributed by atoms with Gasteiger partial charge in [-0.1, -0.05) is 32.0 Å². The third-order valence-corrected chi connectivity index (χ3v) is 4.49. The third-order valence-electron chi connectivity index (χ3n) is 3.37. The molecule has 3 nitrogen and oxygen atoms in total. The van der Waals surface area contributed by atoms with E-state index in [0.717, 1.165) is 17.1 Å². The average Bonchev–Trinajstić information content (AvgIpc) is 2.91. The van der Waals surface area contributed by atoms with Gasteiger partial charge in [0.05, 0.1) is 4.88 Å². The first-order valence-corrected chi connectivity index (χ1v) is 7.21. The number of fused-ring (bicyclic) bond motifs is 1. The minimum Gasteiger partial charge on any atom is -0.384 e. The molecule has 3 rings (SSSR count). The number of anilines is 1. The summed E-state index contributed by atoms with van der Waals surface area (Å²) in [5.41, 5.74) is 8.31. The van der Waals surface area contributed by atoms with Crippen LogP contribution in [0.25, 0.3) is 20.7 Å². The predicted octanol–water partition coefficient (Wildman–Crippen LogP) is 4.01. The van der Waals surface area contributed by atoms with Crippen LogP contribution in [0.15, 0.2) is 30.3 Å². The van der Waals surface area contributed by atoms with E-state index in [1.54, 1.807) is 16.0 Å². The van der Waals surface area contributed by atoms with Crippen molar-refractivity contribution in [3.05, 3.63) is 35.9 Å². The smallest absolute Gasteiger partial charge is 0.125 e. The van der Waals surface area contributed by atoms with Crippen LogP contribution >= 0.6 is 11.3 Å². The molecule has 0 unspecified atom stereocenters. The standard InChI is InChI=1S/C15H17N3S/c1-9(2)13-14(17-18(3)15(13)16)12-8-10-6-4-5-7-11(10)19-12/h4-9H,16H2,1-3H3. The molecular weight excluding hydrogens is 254 g/mol. The normalized spacial score (nSPS) is 11.6. The second-order valence-corrected chi connectivity index (χ2v) is 6.16. The van der Waals surface area contributed by atoms with Gasteiger partial charge in [0.1, 0.15) is 11.5 Å². The number of nitrogen functional groups attached to an aromatic ring is 1. The molecule has 0 fully saturated rings. The number of thiophene rings is 1. The van der Waals surface area contributed by atoms with Gasteiger partial charge in [-0.2, -0.15) is 5.10 Å². The van der Waals surface area contributed by atoms with Gasteiger partial charge in [-0.3, -0.25) is 4.68 Å². The first-order chi connectivity index (χ1) is 9.08. The molecule has 0 spiro atoms. The molecule has 0 aliphatic rings. The van der Waals surface area contributed by atoms with Gasteiger partial charge in [0, 0.05) is 17.3 Å². The number of nitrogens with zero attached hydrogens (tertiary/aromatic N) is 2. The maximum absolute atomic E-state index is 6.14. The zero-order valence-electron chi connectivity index (χ0n) is 11.3. The summed E-state index contributed by atoms with van der Waals surface area (Å²) in [5, 5.41) is 5.86. The molecule has 0 amide bonds. The summed E-state index contributed by atoms with van der Waals surface area (Å²) < 4.78 is 3.06. The van der Waals surface area contributed by atoms with Crippen LogP contribution in [0.4, 0.5) is 5.82 Å². The van der Waals surface area contributed by atoms with Gasteiger partial charge in [0.2, 0.25) is 0 Å². The molecule has 98 valence electrons. The van der Waals surface area contributed by atoms with Crippen molar-refractivity contribution in [3.8, 4) is 10.6 Å². The predicted molar refractivity (Wildman–Crippen MR) is 82.5 cm³/mol. The molecule has 0 bridgehead atoms. The van der Waals surface area contributed by atoms with Crippen molar-refractivity contribution in [2.24, 2.45) is 7.05 Å². The molecule has 19 heavy (non-hydrogen) atoms. The average molecular weight is 271 g/mol. The number of aromatic nitrogens is 2. The number of nitrogens with two attached hydrogens (primary N) is 1. The molecule has 2 aromatic heterocycles. The summed E-state index contributed by atoms with van der Waals surface area (Å²) in [6.07, 6.45) is 0. The van der Waals surface area contributed by atoms with E-state index in [2.05, 4.69) is 49.3 Å². The van der Waals surface area contributed by atoms with E-state index in [1.165, 1.54) is 15.0 Å². The molecule has 4 heteroatoms. The van der Waals surface area contributed by atoms with Crippen LogP contribution in [-0.4, -0.2) is 9.78 Å². The lowest BCUT2D eigenvalue weighted by Crippen LogP contribution is -2.00. The first kappa shape index (κ1) is 12.2. The van der Waals surface area contributed by atoms with Crippen LogP contribution in [0.1, 0.15) is 25.3 Å². The number of rotatable bonds is 2. The Bertz CT molecular complexity index is 704. The van der Waals surface area contributed by atoms with E-state index >= 15 is 0 Å². The SMILES string of the molecule is CC(C)c1c(-c2cc3ccccc3s2)nn(C)c1N. The Labute approximate surface area is 116 Å². The lowest BCUT2D eigenvalue weighted by atomic mass is 10.0. The van der Waals surface area contributed by atoms with Gasteiger partial charge in [0.25, 0.3) is 0 Å². The topological polar surface area (TPSA) is 43.8 Å². The van der Waals surface area contributed by atoms with Crippen LogP contribution in [-0.2, 0) is 7.05 Å². The Hall–Kier alpha value is -1.81. The Balaban J connectivity index is 2.23. The maximum atomic E-state index is 6.14. The second kappa shape index (κ2) is 4.38. The molecule has 2 heterocycles. The van der Waals surface area contributed by atoms with E-state index < -0.39 is 0 Å². The number of benzene rings is 1. The van der Waals surface area contributed by atoms with Crippen molar-refractivity contribution < 1.29 is 0 Å². The Morgan fingerprint density at radius 1 is 1.26 bits per heavy atom. The molecule has 0 aliphatic carbocycles. The summed E-state index contributed by atoms with van der Waals surface area (Å²) in [6.45, 7) is 4.31. The van der Waals surface area contributed by atoms with Crippen molar-refractivity contribution in [1.82, 2.24) is 9.78 Å². The lowest BCUT2D eigenvalue weighted by Gasteiger charge is -2.05. The van der Waals surface area contributed by atoms with Crippen LogP contribution in [0.3, 0.4) is 0 Å². The molecule has 3 aromatic rings. The van der Waals surface area contributed by atoms with Gasteiger partial charge in [0.15, 0.2) is 0 Å². The highest BCUT2D eigenvalue weighted by Crippen LogP contribution is 2.38. The van der Waals surface area contributed by atoms with Crippen molar-refractivity contribution in [2.75, 3.05) is 5.73 Å². The molecule has 2 N–H and O–H groups in total. The van der Waals surface area contributed by atoms with Gasteiger partial charge in [-0.05, 0) is 23.4 Å². The van der Waals surface area contributed by atoms with Gasteiger partial charge in [-0.15, -0.1) is 11.3 Å². The maximum Gasteiger partial charge on any atom is 0.125 e. The van der Waals surface area contributed by atoms with Crippen molar-refractivity contribution in [3.63, 3.8) is 0 Å². The number of hydrogen-bond acceptors (Lipinski definition) is 3. The van der Waals surface area contributed by atoms with Crippen LogP contribution in [0.5, 0.6) is 0 Å². The van der Waals surface area contributed by atoms with Gasteiger partial charge in [-0.25, -0.2) is 0 Å².